The number of carbonyl (C=O) groups excluding carboxylic acids is 1. The number of amides is 1. The standard InChI is InChI=1S/C20H21N3O2/c1-25-20-13-15(17-9-2-3-10-18(17)23-20)14-22-19(24)11-6-8-16-7-4-5-12-21-16/h2-5,7,9-10,12-13H,6,8,11,14H2,1H3,(H,22,24). The van der Waals surface area contributed by atoms with Gasteiger partial charge in [-0.25, -0.2) is 4.98 Å². The lowest BCUT2D eigenvalue weighted by Gasteiger charge is -2.10. The van der Waals surface area contributed by atoms with E-state index in [1.165, 1.54) is 0 Å². The smallest absolute Gasteiger partial charge is 0.220 e. The summed E-state index contributed by atoms with van der Waals surface area (Å²) < 4.78 is 5.25. The summed E-state index contributed by atoms with van der Waals surface area (Å²) in [5.74, 6) is 0.592. The first-order valence-electron chi connectivity index (χ1n) is 8.35. The molecule has 5 nitrogen and oxygen atoms in total. The van der Waals surface area contributed by atoms with Crippen LogP contribution < -0.4 is 10.1 Å². The van der Waals surface area contributed by atoms with E-state index in [1.54, 1.807) is 13.3 Å². The number of benzene rings is 1. The van der Waals surface area contributed by atoms with Gasteiger partial charge < -0.3 is 10.1 Å². The van der Waals surface area contributed by atoms with Crippen LogP contribution in [0, 0.1) is 0 Å². The van der Waals surface area contributed by atoms with Crippen molar-refractivity contribution < 1.29 is 9.53 Å². The maximum Gasteiger partial charge on any atom is 0.220 e. The summed E-state index contributed by atoms with van der Waals surface area (Å²) in [5.41, 5.74) is 2.88. The van der Waals surface area contributed by atoms with E-state index < -0.39 is 0 Å². The summed E-state index contributed by atoms with van der Waals surface area (Å²) >= 11 is 0. The number of para-hydroxylation sites is 1. The monoisotopic (exact) mass is 335 g/mol. The Morgan fingerprint density at radius 1 is 1.16 bits per heavy atom. The third kappa shape index (κ3) is 4.53. The second-order valence-corrected chi connectivity index (χ2v) is 5.79. The lowest BCUT2D eigenvalue weighted by molar-refractivity contribution is -0.121. The zero-order valence-electron chi connectivity index (χ0n) is 14.2. The van der Waals surface area contributed by atoms with Crippen molar-refractivity contribution in [3.05, 3.63) is 66.0 Å². The van der Waals surface area contributed by atoms with Gasteiger partial charge in [0, 0.05) is 36.3 Å². The van der Waals surface area contributed by atoms with Crippen LogP contribution in [0.5, 0.6) is 5.88 Å². The summed E-state index contributed by atoms with van der Waals surface area (Å²) in [6.45, 7) is 0.460. The zero-order chi connectivity index (χ0) is 17.5. The van der Waals surface area contributed by atoms with Crippen molar-refractivity contribution in [2.75, 3.05) is 7.11 Å². The van der Waals surface area contributed by atoms with Crippen molar-refractivity contribution in [3.8, 4) is 5.88 Å². The average molecular weight is 335 g/mol. The van der Waals surface area contributed by atoms with Gasteiger partial charge in [-0.1, -0.05) is 24.3 Å². The number of pyridine rings is 2. The molecule has 0 atom stereocenters. The van der Waals surface area contributed by atoms with E-state index in [0.717, 1.165) is 35.0 Å². The molecule has 128 valence electrons. The molecule has 0 radical (unpaired) electrons. The van der Waals surface area contributed by atoms with Crippen molar-refractivity contribution in [2.45, 2.75) is 25.8 Å². The highest BCUT2D eigenvalue weighted by Gasteiger charge is 2.08. The largest absolute Gasteiger partial charge is 0.481 e. The first kappa shape index (κ1) is 16.9. The highest BCUT2D eigenvalue weighted by Crippen LogP contribution is 2.21. The number of methoxy groups -OCH3 is 1. The Morgan fingerprint density at radius 2 is 2.00 bits per heavy atom. The number of rotatable bonds is 7. The molecule has 2 heterocycles. The Hall–Kier alpha value is -2.95. The highest BCUT2D eigenvalue weighted by atomic mass is 16.5. The van der Waals surface area contributed by atoms with Crippen molar-refractivity contribution in [2.24, 2.45) is 0 Å². The van der Waals surface area contributed by atoms with Crippen molar-refractivity contribution >= 4 is 16.8 Å². The fourth-order valence-electron chi connectivity index (χ4n) is 2.73. The van der Waals surface area contributed by atoms with E-state index >= 15 is 0 Å². The van der Waals surface area contributed by atoms with Gasteiger partial charge in [0.2, 0.25) is 11.8 Å². The third-order valence-electron chi connectivity index (χ3n) is 4.03. The van der Waals surface area contributed by atoms with Gasteiger partial charge in [-0.15, -0.1) is 0 Å². The second kappa shape index (κ2) is 8.24. The first-order chi connectivity index (χ1) is 12.3. The fourth-order valence-corrected chi connectivity index (χ4v) is 2.73. The summed E-state index contributed by atoms with van der Waals surface area (Å²) in [7, 11) is 1.59. The second-order valence-electron chi connectivity index (χ2n) is 5.79. The lowest BCUT2D eigenvalue weighted by Crippen LogP contribution is -2.22. The Bertz CT molecular complexity index is 850. The molecule has 5 heteroatoms. The molecule has 2 aromatic heterocycles. The maximum absolute atomic E-state index is 12.1. The first-order valence-corrected chi connectivity index (χ1v) is 8.35. The van der Waals surface area contributed by atoms with E-state index in [-0.39, 0.29) is 5.91 Å². The van der Waals surface area contributed by atoms with Crippen LogP contribution in [-0.4, -0.2) is 23.0 Å². The minimum atomic E-state index is 0.0378. The molecule has 0 spiro atoms. The molecule has 0 aliphatic heterocycles. The van der Waals surface area contributed by atoms with Gasteiger partial charge in [0.05, 0.1) is 12.6 Å². The van der Waals surface area contributed by atoms with Gasteiger partial charge in [0.25, 0.3) is 0 Å². The van der Waals surface area contributed by atoms with Crippen LogP contribution in [0.3, 0.4) is 0 Å². The molecule has 0 fully saturated rings. The van der Waals surface area contributed by atoms with Crippen LogP contribution in [0.25, 0.3) is 10.9 Å². The number of hydrogen-bond donors (Lipinski definition) is 1. The quantitative estimate of drug-likeness (QED) is 0.720. The number of aromatic nitrogens is 2. The Balaban J connectivity index is 1.57. The summed E-state index contributed by atoms with van der Waals surface area (Å²) in [4.78, 5) is 20.8. The highest BCUT2D eigenvalue weighted by molar-refractivity contribution is 5.83. The molecule has 0 aliphatic rings. The number of ether oxygens (including phenoxy) is 1. The Kier molecular flexibility index (Phi) is 5.57. The Labute approximate surface area is 147 Å². The molecule has 1 aromatic carbocycles. The van der Waals surface area contributed by atoms with Crippen molar-refractivity contribution in [1.82, 2.24) is 15.3 Å². The van der Waals surface area contributed by atoms with Gasteiger partial charge in [0.15, 0.2) is 0 Å². The van der Waals surface area contributed by atoms with Crippen LogP contribution in [0.2, 0.25) is 0 Å². The predicted molar refractivity (Wildman–Crippen MR) is 97.3 cm³/mol. The molecule has 1 amide bonds. The number of nitrogens with zero attached hydrogens (tertiary/aromatic N) is 2. The van der Waals surface area contributed by atoms with Gasteiger partial charge in [-0.05, 0) is 36.6 Å². The molecular formula is C20H21N3O2. The summed E-state index contributed by atoms with van der Waals surface area (Å²) in [6.07, 6.45) is 3.84. The minimum Gasteiger partial charge on any atom is -0.481 e. The van der Waals surface area contributed by atoms with Crippen LogP contribution in [0.1, 0.15) is 24.1 Å². The molecule has 0 unspecified atom stereocenters. The molecule has 3 rings (SSSR count). The van der Waals surface area contributed by atoms with Gasteiger partial charge >= 0.3 is 0 Å². The topological polar surface area (TPSA) is 64.1 Å². The van der Waals surface area contributed by atoms with E-state index in [9.17, 15) is 4.79 Å². The number of carbonyl (C=O) groups is 1. The molecule has 0 saturated carbocycles. The van der Waals surface area contributed by atoms with Crippen LogP contribution in [0.15, 0.2) is 54.7 Å². The molecule has 0 aliphatic carbocycles. The lowest BCUT2D eigenvalue weighted by atomic mass is 10.1. The van der Waals surface area contributed by atoms with Crippen LogP contribution >= 0.6 is 0 Å². The van der Waals surface area contributed by atoms with Gasteiger partial charge in [-0.2, -0.15) is 0 Å². The maximum atomic E-state index is 12.1. The van der Waals surface area contributed by atoms with E-state index in [2.05, 4.69) is 15.3 Å². The summed E-state index contributed by atoms with van der Waals surface area (Å²) in [5, 5.41) is 4.01. The van der Waals surface area contributed by atoms with Gasteiger partial charge in [-0.3, -0.25) is 9.78 Å². The van der Waals surface area contributed by atoms with E-state index in [4.69, 9.17) is 4.74 Å². The number of hydrogen-bond acceptors (Lipinski definition) is 4. The fraction of sp³-hybridized carbons (Fsp3) is 0.250. The zero-order valence-corrected chi connectivity index (χ0v) is 14.2. The van der Waals surface area contributed by atoms with Crippen molar-refractivity contribution in [1.29, 1.82) is 0 Å². The third-order valence-corrected chi connectivity index (χ3v) is 4.03. The van der Waals surface area contributed by atoms with Gasteiger partial charge in [0.1, 0.15) is 0 Å². The molecule has 0 bridgehead atoms. The molecular weight excluding hydrogens is 314 g/mol. The van der Waals surface area contributed by atoms with E-state index in [0.29, 0.717) is 18.8 Å². The van der Waals surface area contributed by atoms with E-state index in [1.807, 2.05) is 48.5 Å². The molecule has 0 saturated heterocycles. The predicted octanol–water partition coefficient (Wildman–Crippen LogP) is 3.28. The molecule has 25 heavy (non-hydrogen) atoms. The Morgan fingerprint density at radius 3 is 2.80 bits per heavy atom. The number of nitrogens with one attached hydrogen (secondary N) is 1. The number of fused-ring (bicyclic) bond motifs is 1. The molecule has 1 N–H and O–H groups in total. The normalized spacial score (nSPS) is 10.6. The minimum absolute atomic E-state index is 0.0378. The SMILES string of the molecule is COc1cc(CNC(=O)CCCc2ccccn2)c2ccccc2n1. The number of aryl methyl sites for hydroxylation is 1. The van der Waals surface area contributed by atoms with Crippen LogP contribution in [-0.2, 0) is 17.8 Å². The summed E-state index contributed by atoms with van der Waals surface area (Å²) in [6, 6.07) is 15.6. The van der Waals surface area contributed by atoms with Crippen LogP contribution in [0.4, 0.5) is 0 Å². The van der Waals surface area contributed by atoms with Crippen molar-refractivity contribution in [3.63, 3.8) is 0 Å². The molecule has 3 aromatic rings. The average Bonchev–Trinajstić information content (AvgIpc) is 2.66.